The van der Waals surface area contributed by atoms with E-state index in [1.54, 1.807) is 29.0 Å². The molecule has 1 N–H and O–H groups in total. The van der Waals surface area contributed by atoms with Crippen LogP contribution in [-0.4, -0.2) is 20.7 Å². The summed E-state index contributed by atoms with van der Waals surface area (Å²) >= 11 is 1.54. The summed E-state index contributed by atoms with van der Waals surface area (Å²) < 4.78 is 2.18. The Hall–Kier alpha value is -2.54. The first kappa shape index (κ1) is 12.5. The molecule has 0 saturated heterocycles. The topological polar surface area (TPSA) is 76.9 Å². The molecule has 0 radical (unpaired) electrons. The number of hydrogen-bond acceptors (Lipinski definition) is 5. The van der Waals surface area contributed by atoms with Gasteiger partial charge in [-0.1, -0.05) is 0 Å². The Morgan fingerprint density at radius 1 is 1.30 bits per heavy atom. The zero-order valence-corrected chi connectivity index (χ0v) is 11.3. The second-order valence-corrected chi connectivity index (χ2v) is 5.06. The van der Waals surface area contributed by atoms with E-state index in [9.17, 15) is 9.59 Å². The van der Waals surface area contributed by atoms with Crippen LogP contribution in [0.5, 0.6) is 0 Å². The molecule has 3 rings (SSSR count). The highest BCUT2D eigenvalue weighted by Crippen LogP contribution is 2.21. The van der Waals surface area contributed by atoms with Crippen molar-refractivity contribution in [1.29, 1.82) is 0 Å². The number of nitrogens with zero attached hydrogens (tertiary/aromatic N) is 3. The maximum Gasteiger partial charge on any atom is 0.276 e. The van der Waals surface area contributed by atoms with Gasteiger partial charge in [-0.25, -0.2) is 9.67 Å². The second kappa shape index (κ2) is 4.86. The van der Waals surface area contributed by atoms with Crippen molar-refractivity contribution in [3.8, 4) is 0 Å². The van der Waals surface area contributed by atoms with Crippen molar-refractivity contribution < 1.29 is 4.79 Å². The second-order valence-electron chi connectivity index (χ2n) is 4.17. The third-order valence-electron chi connectivity index (χ3n) is 2.78. The van der Waals surface area contributed by atoms with Crippen molar-refractivity contribution in [2.75, 3.05) is 5.32 Å². The van der Waals surface area contributed by atoms with Gasteiger partial charge in [0.15, 0.2) is 0 Å². The number of fused-ring (bicyclic) bond motifs is 1. The fourth-order valence-corrected chi connectivity index (χ4v) is 2.41. The van der Waals surface area contributed by atoms with E-state index in [1.807, 2.05) is 6.07 Å². The van der Waals surface area contributed by atoms with Gasteiger partial charge in [-0.3, -0.25) is 9.59 Å². The molecule has 3 aromatic rings. The van der Waals surface area contributed by atoms with Crippen LogP contribution < -0.4 is 10.9 Å². The Labute approximate surface area is 117 Å². The number of anilines is 1. The minimum absolute atomic E-state index is 0.186. The Morgan fingerprint density at radius 2 is 2.15 bits per heavy atom. The van der Waals surface area contributed by atoms with Gasteiger partial charge in [-0.05, 0) is 24.3 Å². The number of carbonyl (C=O) groups is 1. The summed E-state index contributed by atoms with van der Waals surface area (Å²) in [4.78, 5) is 27.5. The molecule has 1 amide bonds. The van der Waals surface area contributed by atoms with Gasteiger partial charge in [0.1, 0.15) is 5.69 Å². The van der Waals surface area contributed by atoms with Crippen molar-refractivity contribution in [3.05, 3.63) is 51.9 Å². The molecular weight excluding hydrogens is 276 g/mol. The van der Waals surface area contributed by atoms with Gasteiger partial charge in [-0.2, -0.15) is 5.10 Å². The van der Waals surface area contributed by atoms with Crippen LogP contribution in [0.1, 0.15) is 10.5 Å². The summed E-state index contributed by atoms with van der Waals surface area (Å²) in [6.07, 6.45) is 0. The largest absolute Gasteiger partial charge is 0.321 e. The van der Waals surface area contributed by atoms with Crippen molar-refractivity contribution in [2.24, 2.45) is 7.05 Å². The SMILES string of the molecule is Cn1nc(C(=O)Nc2ccc3scnc3c2)ccc1=O. The molecule has 0 fully saturated rings. The van der Waals surface area contributed by atoms with Crippen LogP contribution in [0.15, 0.2) is 40.6 Å². The molecule has 0 aliphatic heterocycles. The summed E-state index contributed by atoms with van der Waals surface area (Å²) in [6.45, 7) is 0. The predicted octanol–water partition coefficient (Wildman–Crippen LogP) is 1.64. The highest BCUT2D eigenvalue weighted by atomic mass is 32.1. The Balaban J connectivity index is 1.87. The van der Waals surface area contributed by atoms with Crippen molar-refractivity contribution in [2.45, 2.75) is 0 Å². The van der Waals surface area contributed by atoms with Crippen LogP contribution in [0, 0.1) is 0 Å². The smallest absolute Gasteiger partial charge is 0.276 e. The number of benzene rings is 1. The first-order valence-electron chi connectivity index (χ1n) is 5.82. The zero-order chi connectivity index (χ0) is 14.1. The van der Waals surface area contributed by atoms with Gasteiger partial charge in [0.05, 0.1) is 15.7 Å². The van der Waals surface area contributed by atoms with E-state index in [2.05, 4.69) is 15.4 Å². The lowest BCUT2D eigenvalue weighted by Gasteiger charge is -2.05. The Bertz CT molecular complexity index is 853. The van der Waals surface area contributed by atoms with Crippen molar-refractivity contribution >= 4 is 33.1 Å². The van der Waals surface area contributed by atoms with Gasteiger partial charge in [-0.15, -0.1) is 11.3 Å². The number of nitrogens with one attached hydrogen (secondary N) is 1. The maximum atomic E-state index is 12.0. The molecule has 6 nitrogen and oxygen atoms in total. The molecule has 0 bridgehead atoms. The fourth-order valence-electron chi connectivity index (χ4n) is 1.75. The zero-order valence-electron chi connectivity index (χ0n) is 10.5. The molecule has 0 saturated carbocycles. The number of hydrogen-bond donors (Lipinski definition) is 1. The number of rotatable bonds is 2. The minimum atomic E-state index is -0.366. The lowest BCUT2D eigenvalue weighted by Crippen LogP contribution is -2.23. The van der Waals surface area contributed by atoms with E-state index in [0.29, 0.717) is 5.69 Å². The minimum Gasteiger partial charge on any atom is -0.321 e. The molecule has 2 heterocycles. The number of amides is 1. The van der Waals surface area contributed by atoms with Crippen LogP contribution in [0.25, 0.3) is 10.2 Å². The van der Waals surface area contributed by atoms with E-state index in [0.717, 1.165) is 14.9 Å². The fraction of sp³-hybridized carbons (Fsp3) is 0.0769. The van der Waals surface area contributed by atoms with Crippen LogP contribution in [0.4, 0.5) is 5.69 Å². The highest BCUT2D eigenvalue weighted by Gasteiger charge is 2.09. The Morgan fingerprint density at radius 3 is 2.95 bits per heavy atom. The van der Waals surface area contributed by atoms with Gasteiger partial charge in [0, 0.05) is 18.8 Å². The number of aromatic nitrogens is 3. The summed E-state index contributed by atoms with van der Waals surface area (Å²) in [6, 6.07) is 8.22. The molecule has 0 atom stereocenters. The number of thiazole rings is 1. The highest BCUT2D eigenvalue weighted by molar-refractivity contribution is 7.16. The molecule has 0 unspecified atom stereocenters. The van der Waals surface area contributed by atoms with Gasteiger partial charge < -0.3 is 5.32 Å². The molecule has 100 valence electrons. The molecule has 0 aliphatic rings. The van der Waals surface area contributed by atoms with Crippen LogP contribution >= 0.6 is 11.3 Å². The van der Waals surface area contributed by atoms with E-state index < -0.39 is 0 Å². The van der Waals surface area contributed by atoms with Crippen LogP contribution in [0.3, 0.4) is 0 Å². The summed E-state index contributed by atoms with van der Waals surface area (Å²) in [5.74, 6) is -0.366. The third kappa shape index (κ3) is 2.30. The molecule has 7 heteroatoms. The number of carbonyl (C=O) groups excluding carboxylic acids is 1. The van der Waals surface area contributed by atoms with Crippen LogP contribution in [-0.2, 0) is 7.05 Å². The standard InChI is InChI=1S/C13H10N4O2S/c1-17-12(18)5-3-9(16-17)13(19)15-8-2-4-11-10(6-8)14-7-20-11/h2-7H,1H3,(H,15,19). The lowest BCUT2D eigenvalue weighted by atomic mass is 10.3. The Kier molecular flexibility index (Phi) is 3.03. The molecule has 0 aliphatic carbocycles. The first-order chi connectivity index (χ1) is 9.63. The van der Waals surface area contributed by atoms with E-state index in [-0.39, 0.29) is 17.2 Å². The van der Waals surface area contributed by atoms with Crippen molar-refractivity contribution in [3.63, 3.8) is 0 Å². The van der Waals surface area contributed by atoms with Crippen LogP contribution in [0.2, 0.25) is 0 Å². The quantitative estimate of drug-likeness (QED) is 0.777. The van der Waals surface area contributed by atoms with E-state index in [4.69, 9.17) is 0 Å². The molecule has 0 spiro atoms. The molecule has 20 heavy (non-hydrogen) atoms. The lowest BCUT2D eigenvalue weighted by molar-refractivity contribution is 0.102. The summed E-state index contributed by atoms with van der Waals surface area (Å²) in [5, 5.41) is 6.63. The average Bonchev–Trinajstić information content (AvgIpc) is 2.89. The van der Waals surface area contributed by atoms with E-state index in [1.165, 1.54) is 19.2 Å². The molecular formula is C13H10N4O2S. The third-order valence-corrected chi connectivity index (χ3v) is 3.59. The maximum absolute atomic E-state index is 12.0. The normalized spacial score (nSPS) is 10.7. The monoisotopic (exact) mass is 286 g/mol. The molecule has 1 aromatic carbocycles. The van der Waals surface area contributed by atoms with Gasteiger partial charge >= 0.3 is 0 Å². The summed E-state index contributed by atoms with van der Waals surface area (Å²) in [7, 11) is 1.50. The van der Waals surface area contributed by atoms with Gasteiger partial charge in [0.25, 0.3) is 11.5 Å². The first-order valence-corrected chi connectivity index (χ1v) is 6.70. The van der Waals surface area contributed by atoms with E-state index >= 15 is 0 Å². The number of aryl methyl sites for hydroxylation is 1. The molecule has 2 aromatic heterocycles. The predicted molar refractivity (Wildman–Crippen MR) is 77.1 cm³/mol. The average molecular weight is 286 g/mol. The van der Waals surface area contributed by atoms with Gasteiger partial charge in [0.2, 0.25) is 0 Å². The summed E-state index contributed by atoms with van der Waals surface area (Å²) in [5.41, 5.74) is 3.16. The van der Waals surface area contributed by atoms with Crippen molar-refractivity contribution in [1.82, 2.24) is 14.8 Å².